The van der Waals surface area contributed by atoms with E-state index >= 15 is 0 Å². The number of phosphoric ester groups is 1. The molecule has 0 aliphatic heterocycles. The Morgan fingerprint density at radius 3 is 1.00 bits per heavy atom. The van der Waals surface area contributed by atoms with E-state index in [9.17, 15) is 44.6 Å². The second kappa shape index (κ2) is 42.7. The number of rotatable bonds is 47. The third-order valence-electron chi connectivity index (χ3n) is 13.2. The highest BCUT2D eigenvalue weighted by Gasteiger charge is 2.51. The number of unbranched alkanes of at least 4 members (excludes halogenated alkanes) is 35. The monoisotopic (exact) mass is 965 g/mol. The SMILES string of the molecule is CCCCCCCCCCCCCCCCCCCCCC(=O)O[C@H](COC(=O)CCCCCCCCCCCCCCCCCCCC)COP(=O)(O)OC1C(O)C(O)C(O)[C@@H](O)C1O. The summed E-state index contributed by atoms with van der Waals surface area (Å²) < 4.78 is 33.7. The largest absolute Gasteiger partial charge is 0.472 e. The molecule has 0 spiro atoms. The zero-order valence-electron chi connectivity index (χ0n) is 42.0. The Hall–Kier alpha value is -1.15. The summed E-state index contributed by atoms with van der Waals surface area (Å²) >= 11 is 0. The molecule has 0 aromatic rings. The van der Waals surface area contributed by atoms with Crippen LogP contribution in [0.1, 0.15) is 264 Å². The molecule has 6 N–H and O–H groups in total. The average Bonchev–Trinajstić information content (AvgIpc) is 3.30. The number of hydrogen-bond donors (Lipinski definition) is 6. The Balaban J connectivity index is 2.35. The van der Waals surface area contributed by atoms with Crippen molar-refractivity contribution in [2.75, 3.05) is 13.2 Å². The number of phosphoric acid groups is 1. The topological polar surface area (TPSA) is 210 Å². The molecule has 1 fully saturated rings. The molecule has 0 aromatic heterocycles. The molecule has 1 aliphatic carbocycles. The van der Waals surface area contributed by atoms with E-state index < -0.39 is 75.7 Å². The Kier molecular flexibility index (Phi) is 40.7. The van der Waals surface area contributed by atoms with Crippen molar-refractivity contribution in [3.63, 3.8) is 0 Å². The fraction of sp³-hybridized carbons (Fsp3) is 0.962. The van der Waals surface area contributed by atoms with Crippen molar-refractivity contribution in [2.24, 2.45) is 0 Å². The molecule has 8 atom stereocenters. The van der Waals surface area contributed by atoms with Crippen molar-refractivity contribution >= 4 is 19.8 Å². The van der Waals surface area contributed by atoms with Crippen LogP contribution in [0.5, 0.6) is 0 Å². The van der Waals surface area contributed by atoms with E-state index in [1.807, 2.05) is 0 Å². The summed E-state index contributed by atoms with van der Waals surface area (Å²) in [6, 6.07) is 0. The van der Waals surface area contributed by atoms with Crippen LogP contribution < -0.4 is 0 Å². The first-order chi connectivity index (χ1) is 31.9. The maximum atomic E-state index is 12.9. The van der Waals surface area contributed by atoms with Gasteiger partial charge in [0.2, 0.25) is 0 Å². The van der Waals surface area contributed by atoms with Crippen LogP contribution in [0.4, 0.5) is 0 Å². The van der Waals surface area contributed by atoms with Crippen molar-refractivity contribution in [3.05, 3.63) is 0 Å². The zero-order valence-corrected chi connectivity index (χ0v) is 42.9. The predicted molar refractivity (Wildman–Crippen MR) is 263 cm³/mol. The molecule has 14 heteroatoms. The van der Waals surface area contributed by atoms with Crippen LogP contribution in [0.25, 0.3) is 0 Å². The van der Waals surface area contributed by atoms with Crippen molar-refractivity contribution in [3.8, 4) is 0 Å². The summed E-state index contributed by atoms with van der Waals surface area (Å²) in [5, 5.41) is 50.3. The number of carbonyl (C=O) groups is 2. The van der Waals surface area contributed by atoms with Gasteiger partial charge in [0.15, 0.2) is 6.10 Å². The summed E-state index contributed by atoms with van der Waals surface area (Å²) in [5.74, 6) is -1.08. The molecule has 392 valence electrons. The fourth-order valence-electron chi connectivity index (χ4n) is 8.82. The molecule has 1 rings (SSSR count). The number of hydrogen-bond acceptors (Lipinski definition) is 12. The van der Waals surface area contributed by atoms with Gasteiger partial charge in [-0.3, -0.25) is 18.6 Å². The van der Waals surface area contributed by atoms with Gasteiger partial charge in [-0.05, 0) is 12.8 Å². The minimum Gasteiger partial charge on any atom is -0.462 e. The maximum absolute atomic E-state index is 12.9. The second-order valence-corrected chi connectivity index (χ2v) is 20.9. The van der Waals surface area contributed by atoms with Crippen LogP contribution in [0, 0.1) is 0 Å². The molecule has 0 amide bonds. The third-order valence-corrected chi connectivity index (χ3v) is 14.2. The van der Waals surface area contributed by atoms with Gasteiger partial charge in [-0.2, -0.15) is 0 Å². The lowest BCUT2D eigenvalue weighted by atomic mass is 9.85. The van der Waals surface area contributed by atoms with Crippen LogP contribution in [-0.2, 0) is 32.7 Å². The standard InChI is InChI=1S/C52H101O13P/c1-3-5-7-9-11-13-15-17-19-21-23-25-27-29-31-33-35-37-39-41-46(54)64-44(43-63-66(60,61)65-52-50(58)48(56)47(55)49(57)51(52)59)42-62-45(53)40-38-36-34-32-30-28-26-24-22-20-18-16-14-12-10-8-6-4-2/h44,47-52,55-59H,3-43H2,1-2H3,(H,60,61)/t44-,47?,48-,49?,50?,51?,52?/m1/s1. The lowest BCUT2D eigenvalue weighted by Gasteiger charge is -2.41. The van der Waals surface area contributed by atoms with Gasteiger partial charge in [-0.25, -0.2) is 4.57 Å². The molecule has 1 aliphatic rings. The molecule has 6 unspecified atom stereocenters. The molecule has 13 nitrogen and oxygen atoms in total. The number of aliphatic hydroxyl groups excluding tert-OH is 5. The van der Waals surface area contributed by atoms with Gasteiger partial charge >= 0.3 is 19.8 Å². The smallest absolute Gasteiger partial charge is 0.462 e. The summed E-state index contributed by atoms with van der Waals surface area (Å²) in [6.45, 7) is 3.36. The average molecular weight is 965 g/mol. The lowest BCUT2D eigenvalue weighted by molar-refractivity contribution is -0.220. The number of esters is 2. The van der Waals surface area contributed by atoms with Crippen LogP contribution in [0.2, 0.25) is 0 Å². The highest BCUT2D eigenvalue weighted by molar-refractivity contribution is 7.47. The van der Waals surface area contributed by atoms with Gasteiger partial charge in [-0.1, -0.05) is 239 Å². The highest BCUT2D eigenvalue weighted by Crippen LogP contribution is 2.47. The molecule has 0 saturated heterocycles. The quantitative estimate of drug-likeness (QED) is 0.0191. The van der Waals surface area contributed by atoms with Gasteiger partial charge in [-0.15, -0.1) is 0 Å². The molecular weight excluding hydrogens is 864 g/mol. The molecule has 0 radical (unpaired) electrons. The predicted octanol–water partition coefficient (Wildman–Crippen LogP) is 12.0. The van der Waals surface area contributed by atoms with Crippen LogP contribution >= 0.6 is 7.82 Å². The maximum Gasteiger partial charge on any atom is 0.472 e. The van der Waals surface area contributed by atoms with E-state index in [4.69, 9.17) is 18.5 Å². The summed E-state index contributed by atoms with van der Waals surface area (Å²) in [6.07, 6.45) is 32.9. The van der Waals surface area contributed by atoms with Crippen molar-refractivity contribution in [1.29, 1.82) is 0 Å². The van der Waals surface area contributed by atoms with E-state index in [0.717, 1.165) is 38.5 Å². The first kappa shape index (κ1) is 62.9. The lowest BCUT2D eigenvalue weighted by Crippen LogP contribution is -2.64. The fourth-order valence-corrected chi connectivity index (χ4v) is 9.79. The van der Waals surface area contributed by atoms with Gasteiger partial charge in [0, 0.05) is 12.8 Å². The summed E-state index contributed by atoms with van der Waals surface area (Å²) in [5.41, 5.74) is 0. The Morgan fingerprint density at radius 1 is 0.409 bits per heavy atom. The Bertz CT molecular complexity index is 1160. The van der Waals surface area contributed by atoms with Gasteiger partial charge < -0.3 is 39.9 Å². The number of carbonyl (C=O) groups excluding carboxylic acids is 2. The first-order valence-electron chi connectivity index (χ1n) is 27.3. The molecule has 0 aromatic carbocycles. The number of ether oxygens (including phenoxy) is 2. The summed E-state index contributed by atoms with van der Waals surface area (Å²) in [7, 11) is -5.12. The highest BCUT2D eigenvalue weighted by atomic mass is 31.2. The van der Waals surface area contributed by atoms with Crippen molar-refractivity contribution in [1.82, 2.24) is 0 Å². The van der Waals surface area contributed by atoms with E-state index in [2.05, 4.69) is 13.8 Å². The van der Waals surface area contributed by atoms with Crippen LogP contribution in [0.3, 0.4) is 0 Å². The van der Waals surface area contributed by atoms with Crippen LogP contribution in [-0.4, -0.2) is 98.3 Å². The molecule has 1 saturated carbocycles. The Labute approximate surface area is 401 Å². The minimum atomic E-state index is -5.12. The molecule has 0 heterocycles. The summed E-state index contributed by atoms with van der Waals surface area (Å²) in [4.78, 5) is 35.9. The minimum absolute atomic E-state index is 0.106. The normalized spacial score (nSPS) is 21.2. The Morgan fingerprint density at radius 2 is 0.682 bits per heavy atom. The second-order valence-electron chi connectivity index (χ2n) is 19.5. The van der Waals surface area contributed by atoms with Gasteiger partial charge in [0.1, 0.15) is 43.2 Å². The molecule has 66 heavy (non-hydrogen) atoms. The first-order valence-corrected chi connectivity index (χ1v) is 28.8. The number of aliphatic hydroxyl groups is 5. The van der Waals surface area contributed by atoms with E-state index in [1.54, 1.807) is 0 Å². The van der Waals surface area contributed by atoms with E-state index in [-0.39, 0.29) is 12.8 Å². The third kappa shape index (κ3) is 34.2. The van der Waals surface area contributed by atoms with Gasteiger partial charge in [0.05, 0.1) is 6.61 Å². The molecular formula is C52H101O13P. The van der Waals surface area contributed by atoms with E-state index in [1.165, 1.54) is 186 Å². The van der Waals surface area contributed by atoms with E-state index in [0.29, 0.717) is 12.8 Å². The van der Waals surface area contributed by atoms with Crippen molar-refractivity contribution in [2.45, 2.75) is 307 Å². The molecule has 0 bridgehead atoms. The zero-order chi connectivity index (χ0) is 48.5. The van der Waals surface area contributed by atoms with Crippen LogP contribution in [0.15, 0.2) is 0 Å². The van der Waals surface area contributed by atoms with Crippen molar-refractivity contribution < 1.29 is 63.1 Å². The van der Waals surface area contributed by atoms with Gasteiger partial charge in [0.25, 0.3) is 0 Å².